The monoisotopic (exact) mass is 784 g/mol. The topological polar surface area (TPSA) is 177 Å². The van der Waals surface area contributed by atoms with Crippen molar-refractivity contribution in [2.45, 2.75) is 108 Å². The van der Waals surface area contributed by atoms with E-state index in [1.54, 1.807) is 45.1 Å². The molecule has 5 atom stereocenters. The number of halogens is 1. The van der Waals surface area contributed by atoms with Crippen molar-refractivity contribution >= 4 is 45.6 Å². The van der Waals surface area contributed by atoms with Crippen LogP contribution >= 0.6 is 0 Å². The number of nitrogens with zero attached hydrogens (tertiary/aromatic N) is 3. The molecule has 1 N–H and O–H groups in total. The van der Waals surface area contributed by atoms with Gasteiger partial charge in [-0.05, 0) is 76.5 Å². The van der Waals surface area contributed by atoms with Gasteiger partial charge in [0.25, 0.3) is 0 Å². The summed E-state index contributed by atoms with van der Waals surface area (Å²) in [5.41, 5.74) is -1.26. The average molecular weight is 785 g/mol. The van der Waals surface area contributed by atoms with E-state index in [2.05, 4.69) is 11.3 Å². The summed E-state index contributed by atoms with van der Waals surface area (Å²) in [4.78, 5) is 86.2. The lowest BCUT2D eigenvalue weighted by Crippen LogP contribution is -2.46. The predicted molar refractivity (Wildman–Crippen MR) is 195 cm³/mol. The van der Waals surface area contributed by atoms with Crippen LogP contribution in [0.2, 0.25) is 0 Å². The summed E-state index contributed by atoms with van der Waals surface area (Å²) in [6.45, 7) is 8.92. The van der Waals surface area contributed by atoms with Gasteiger partial charge >= 0.3 is 12.1 Å². The fourth-order valence-electron chi connectivity index (χ4n) is 7.84. The van der Waals surface area contributed by atoms with Gasteiger partial charge in [-0.3, -0.25) is 33.6 Å². The molecule has 3 heterocycles. The molecule has 2 saturated carbocycles. The first-order valence-electron chi connectivity index (χ1n) is 18.8. The third kappa shape index (κ3) is 9.11. The summed E-state index contributed by atoms with van der Waals surface area (Å²) < 4.78 is 53.8. The lowest BCUT2D eigenvalue weighted by molar-refractivity contribution is -0.159. The quantitative estimate of drug-likeness (QED) is 0.245. The number of hydrogen-bond donors (Lipinski definition) is 1. The zero-order valence-corrected chi connectivity index (χ0v) is 32.3. The summed E-state index contributed by atoms with van der Waals surface area (Å²) >= 11 is 0. The van der Waals surface area contributed by atoms with Crippen LogP contribution < -0.4 is 4.72 Å². The van der Waals surface area contributed by atoms with Gasteiger partial charge in [-0.2, -0.15) is 0 Å². The highest BCUT2D eigenvalue weighted by Gasteiger charge is 2.61. The molecule has 3 aliphatic heterocycles. The first kappa shape index (κ1) is 40.1. The van der Waals surface area contributed by atoms with Crippen molar-refractivity contribution in [2.75, 3.05) is 19.6 Å². The molecule has 0 bridgehead atoms. The Morgan fingerprint density at radius 2 is 1.84 bits per heavy atom. The highest BCUT2D eigenvalue weighted by atomic mass is 32.2. The Bertz CT molecular complexity index is 1910. The van der Waals surface area contributed by atoms with Crippen molar-refractivity contribution in [3.05, 3.63) is 60.0 Å². The van der Waals surface area contributed by atoms with Crippen LogP contribution in [0.1, 0.15) is 83.3 Å². The fraction of sp³-hybridized carbons (Fsp3) is 0.590. The van der Waals surface area contributed by atoms with Gasteiger partial charge in [0.1, 0.15) is 17.5 Å². The van der Waals surface area contributed by atoms with Crippen LogP contribution in [0.25, 0.3) is 0 Å². The number of nitrogens with one attached hydrogen (secondary N) is 1. The standard InChI is InChI=1S/C39H49FN4O10S/c1-5-33(46)42-15-7-10-24(17-34(47)54-38(2,3)4)35(48)44-22-27(53-37(50)43-21-25-9-6-12-30(40)29(25)23-43)18-31(44)32(45)20-39(19-26(39)11-8-16-42)36(49)41-55(51,52)28-13-14-28/h5-6,8-9,11-12,24,26-28,31H,1,7,10,13-23H2,2-4H3,(H,41,49)/b11-8-/t24-,26-,27?,31+,39-/m1/s1. The predicted octanol–water partition coefficient (Wildman–Crippen LogP) is 3.53. The van der Waals surface area contributed by atoms with Crippen molar-refractivity contribution in [1.29, 1.82) is 0 Å². The van der Waals surface area contributed by atoms with Crippen molar-refractivity contribution in [2.24, 2.45) is 17.3 Å². The van der Waals surface area contributed by atoms with E-state index in [4.69, 9.17) is 9.47 Å². The molecule has 5 aliphatic rings. The summed E-state index contributed by atoms with van der Waals surface area (Å²) in [5, 5.41) is -0.683. The number of carbonyl (C=O) groups is 6. The first-order valence-corrected chi connectivity index (χ1v) is 20.4. The molecule has 1 aromatic rings. The second-order valence-corrected chi connectivity index (χ2v) is 18.3. The first-order chi connectivity index (χ1) is 25.9. The molecule has 6 rings (SSSR count). The van der Waals surface area contributed by atoms with E-state index in [1.807, 2.05) is 0 Å². The fourth-order valence-corrected chi connectivity index (χ4v) is 9.23. The average Bonchev–Trinajstić information content (AvgIpc) is 3.99. The molecule has 1 unspecified atom stereocenters. The Kier molecular flexibility index (Phi) is 11.3. The molecule has 1 saturated heterocycles. The second kappa shape index (κ2) is 15.5. The molecular formula is C39H49FN4O10S. The molecule has 55 heavy (non-hydrogen) atoms. The number of allylic oxidation sites excluding steroid dienone is 1. The van der Waals surface area contributed by atoms with E-state index in [-0.39, 0.29) is 64.3 Å². The van der Waals surface area contributed by atoms with Crippen molar-refractivity contribution < 1.29 is 51.0 Å². The van der Waals surface area contributed by atoms with Gasteiger partial charge in [0.15, 0.2) is 5.78 Å². The normalized spacial score (nSPS) is 27.8. The Labute approximate surface area is 320 Å². The number of ether oxygens (including phenoxy) is 2. The van der Waals surface area contributed by atoms with Crippen molar-refractivity contribution in [1.82, 2.24) is 19.4 Å². The number of ketones is 1. The summed E-state index contributed by atoms with van der Waals surface area (Å²) in [6.07, 6.45) is 3.48. The van der Waals surface area contributed by atoms with E-state index in [1.165, 1.54) is 20.8 Å². The Morgan fingerprint density at radius 1 is 1.09 bits per heavy atom. The molecule has 3 fully saturated rings. The minimum atomic E-state index is -3.96. The number of rotatable bonds is 7. The zero-order chi connectivity index (χ0) is 39.9. The highest BCUT2D eigenvalue weighted by Crippen LogP contribution is 2.57. The van der Waals surface area contributed by atoms with E-state index < -0.39 is 92.2 Å². The van der Waals surface area contributed by atoms with E-state index >= 15 is 0 Å². The molecule has 0 aromatic heterocycles. The molecule has 16 heteroatoms. The van der Waals surface area contributed by atoms with E-state index in [9.17, 15) is 41.6 Å². The zero-order valence-electron chi connectivity index (χ0n) is 31.5. The van der Waals surface area contributed by atoms with Crippen molar-refractivity contribution in [3.8, 4) is 0 Å². The number of esters is 1. The third-order valence-corrected chi connectivity index (χ3v) is 12.8. The maximum absolute atomic E-state index is 14.5. The van der Waals surface area contributed by atoms with E-state index in [0.29, 0.717) is 30.4 Å². The minimum absolute atomic E-state index is 0.0157. The molecule has 14 nitrogen and oxygen atoms in total. The molecule has 298 valence electrons. The number of Topliss-reactive ketones (excluding diaryl/α,β-unsaturated/α-hetero) is 1. The maximum atomic E-state index is 14.5. The summed E-state index contributed by atoms with van der Waals surface area (Å²) in [6, 6.07) is 3.41. The Morgan fingerprint density at radius 3 is 2.51 bits per heavy atom. The number of carbonyl (C=O) groups excluding carboxylic acids is 6. The molecule has 0 spiro atoms. The number of sulfonamides is 1. The number of amides is 4. The Hall–Kier alpha value is -4.60. The van der Waals surface area contributed by atoms with Crippen LogP contribution in [0.3, 0.4) is 0 Å². The highest BCUT2D eigenvalue weighted by molar-refractivity contribution is 7.90. The van der Waals surface area contributed by atoms with Crippen LogP contribution in [-0.4, -0.2) is 101 Å². The molecule has 0 radical (unpaired) electrons. The van der Waals surface area contributed by atoms with Gasteiger partial charge in [-0.1, -0.05) is 30.9 Å². The van der Waals surface area contributed by atoms with Crippen LogP contribution in [-0.2, 0) is 56.6 Å². The molecule has 2 aliphatic carbocycles. The van der Waals surface area contributed by atoms with Gasteiger partial charge in [-0.25, -0.2) is 17.6 Å². The number of fused-ring (bicyclic) bond motifs is 3. The summed E-state index contributed by atoms with van der Waals surface area (Å²) in [5.74, 6) is -4.86. The number of hydrogen-bond acceptors (Lipinski definition) is 10. The SMILES string of the molecule is C=CC(=O)N1C/C=C\[C@@H]2C[C@@]2(C(=O)NS(=O)(=O)C2CC2)CC(=O)[C@@H]2CC(OC(=O)N3Cc4cccc(F)c4C3)CN2C(=O)[C@@H](CC(=O)OC(C)(C)C)CCC1. The van der Waals surface area contributed by atoms with Crippen LogP contribution in [0.15, 0.2) is 43.0 Å². The minimum Gasteiger partial charge on any atom is -0.460 e. The smallest absolute Gasteiger partial charge is 0.410 e. The largest absolute Gasteiger partial charge is 0.460 e. The van der Waals surface area contributed by atoms with Crippen LogP contribution in [0, 0.1) is 23.1 Å². The lowest BCUT2D eigenvalue weighted by atomic mass is 9.90. The molecular weight excluding hydrogens is 736 g/mol. The van der Waals surface area contributed by atoms with Crippen LogP contribution in [0.4, 0.5) is 9.18 Å². The Balaban J connectivity index is 1.29. The van der Waals surface area contributed by atoms with E-state index in [0.717, 1.165) is 6.08 Å². The van der Waals surface area contributed by atoms with Gasteiger partial charge in [0.2, 0.25) is 27.7 Å². The van der Waals surface area contributed by atoms with Gasteiger partial charge in [-0.15, -0.1) is 0 Å². The van der Waals surface area contributed by atoms with Crippen LogP contribution in [0.5, 0.6) is 0 Å². The van der Waals surface area contributed by atoms with Crippen molar-refractivity contribution in [3.63, 3.8) is 0 Å². The second-order valence-electron chi connectivity index (χ2n) is 16.3. The third-order valence-electron chi connectivity index (χ3n) is 11.0. The summed E-state index contributed by atoms with van der Waals surface area (Å²) in [7, 11) is -3.96. The lowest BCUT2D eigenvalue weighted by Gasteiger charge is -2.29. The number of benzene rings is 1. The molecule has 1 aromatic carbocycles. The maximum Gasteiger partial charge on any atom is 0.410 e. The van der Waals surface area contributed by atoms with Gasteiger partial charge in [0, 0.05) is 44.0 Å². The van der Waals surface area contributed by atoms with Gasteiger partial charge < -0.3 is 19.3 Å². The molecule has 4 amide bonds. The van der Waals surface area contributed by atoms with Gasteiger partial charge in [0.05, 0.1) is 36.2 Å².